The van der Waals surface area contributed by atoms with Gasteiger partial charge in [-0.15, -0.1) is 0 Å². The van der Waals surface area contributed by atoms with Gasteiger partial charge in [-0.2, -0.15) is 0 Å². The number of nitrogens with two attached hydrogens (primary N) is 1. The van der Waals surface area contributed by atoms with Crippen molar-refractivity contribution in [3.63, 3.8) is 0 Å². The van der Waals surface area contributed by atoms with Crippen LogP contribution in [0.15, 0.2) is 52.9 Å². The number of hydrogen-bond acceptors (Lipinski definition) is 6. The van der Waals surface area contributed by atoms with E-state index in [2.05, 4.69) is 10.3 Å². The lowest BCUT2D eigenvalue weighted by molar-refractivity contribution is 0.1000. The number of nitrogens with one attached hydrogen (secondary N) is 1. The molecule has 0 aliphatic carbocycles. The van der Waals surface area contributed by atoms with Gasteiger partial charge in [0, 0.05) is 12.1 Å². The Morgan fingerprint density at radius 1 is 1.24 bits per heavy atom. The minimum atomic E-state index is -0.948. The fourth-order valence-corrected chi connectivity index (χ4v) is 2.84. The fourth-order valence-electron chi connectivity index (χ4n) is 2.84. The van der Waals surface area contributed by atoms with Crippen molar-refractivity contribution in [3.05, 3.63) is 65.5 Å². The highest BCUT2D eigenvalue weighted by Crippen LogP contribution is 2.25. The molecule has 1 aromatic heterocycles. The van der Waals surface area contributed by atoms with Crippen LogP contribution in [-0.4, -0.2) is 28.6 Å². The number of alkyl carbamates (subject to hydrolysis) is 1. The molecule has 3 rings (SSSR count). The van der Waals surface area contributed by atoms with Crippen molar-refractivity contribution < 1.29 is 23.8 Å². The number of amides is 2. The standard InChI is InChI=1S/C21H23N3O5/c1-13(11-23-21(27)28-12-14-5-3-2-4-6-14)9-17(25)20-24-16-10-15(19(22)26)7-8-18(16)29-20/h2-8,10,13,17,25H,9,11-12H2,1H3,(H2,22,26)(H,23,27). The summed E-state index contributed by atoms with van der Waals surface area (Å²) in [6.45, 7) is 2.41. The Kier molecular flexibility index (Phi) is 6.46. The van der Waals surface area contributed by atoms with Gasteiger partial charge in [0.05, 0.1) is 0 Å². The zero-order valence-corrected chi connectivity index (χ0v) is 16.0. The summed E-state index contributed by atoms with van der Waals surface area (Å²) in [6.07, 6.45) is -1.14. The average Bonchev–Trinajstić information content (AvgIpc) is 3.15. The Morgan fingerprint density at radius 3 is 2.72 bits per heavy atom. The first-order valence-electron chi connectivity index (χ1n) is 9.25. The Labute approximate surface area is 167 Å². The number of rotatable bonds is 8. The maximum Gasteiger partial charge on any atom is 0.407 e. The fraction of sp³-hybridized carbons (Fsp3) is 0.286. The molecule has 0 bridgehead atoms. The molecular weight excluding hydrogens is 374 g/mol. The molecule has 0 saturated heterocycles. The maximum atomic E-state index is 11.8. The van der Waals surface area contributed by atoms with Crippen LogP contribution in [0.4, 0.5) is 4.79 Å². The highest BCUT2D eigenvalue weighted by molar-refractivity contribution is 5.95. The highest BCUT2D eigenvalue weighted by atomic mass is 16.5. The second-order valence-electron chi connectivity index (χ2n) is 6.90. The van der Waals surface area contributed by atoms with E-state index in [9.17, 15) is 14.7 Å². The van der Waals surface area contributed by atoms with Crippen molar-refractivity contribution >= 4 is 23.1 Å². The van der Waals surface area contributed by atoms with Gasteiger partial charge in [0.2, 0.25) is 11.8 Å². The van der Waals surface area contributed by atoms with Crippen molar-refractivity contribution in [3.8, 4) is 0 Å². The Hall–Kier alpha value is -3.39. The number of carbonyl (C=O) groups excluding carboxylic acids is 2. The molecule has 152 valence electrons. The minimum Gasteiger partial charge on any atom is -0.445 e. The van der Waals surface area contributed by atoms with Crippen molar-refractivity contribution in [2.45, 2.75) is 26.1 Å². The third-order valence-corrected chi connectivity index (χ3v) is 4.41. The molecule has 2 aromatic carbocycles. The summed E-state index contributed by atoms with van der Waals surface area (Å²) in [6, 6.07) is 14.0. The molecule has 29 heavy (non-hydrogen) atoms. The lowest BCUT2D eigenvalue weighted by Crippen LogP contribution is -2.29. The lowest BCUT2D eigenvalue weighted by Gasteiger charge is -2.15. The molecule has 0 aliphatic heterocycles. The number of fused-ring (bicyclic) bond motifs is 1. The zero-order chi connectivity index (χ0) is 20.8. The van der Waals surface area contributed by atoms with Crippen LogP contribution in [0.25, 0.3) is 11.1 Å². The Balaban J connectivity index is 1.48. The molecule has 3 aromatic rings. The summed E-state index contributed by atoms with van der Waals surface area (Å²) >= 11 is 0. The van der Waals surface area contributed by atoms with Crippen molar-refractivity contribution in [1.29, 1.82) is 0 Å². The first kappa shape index (κ1) is 20.3. The maximum absolute atomic E-state index is 11.8. The number of oxazole rings is 1. The van der Waals surface area contributed by atoms with Crippen LogP contribution < -0.4 is 11.1 Å². The summed E-state index contributed by atoms with van der Waals surface area (Å²) < 4.78 is 10.7. The van der Waals surface area contributed by atoms with Crippen LogP contribution in [0.1, 0.15) is 41.3 Å². The molecule has 4 N–H and O–H groups in total. The van der Waals surface area contributed by atoms with E-state index in [4.69, 9.17) is 14.9 Å². The molecule has 0 fully saturated rings. The van der Waals surface area contributed by atoms with E-state index in [0.29, 0.717) is 29.6 Å². The number of ether oxygens (including phenoxy) is 1. The predicted octanol–water partition coefficient (Wildman–Crippen LogP) is 2.91. The number of aliphatic hydroxyl groups excluding tert-OH is 1. The summed E-state index contributed by atoms with van der Waals surface area (Å²) in [7, 11) is 0. The molecule has 0 saturated carbocycles. The second kappa shape index (κ2) is 9.20. The van der Waals surface area contributed by atoms with E-state index in [1.165, 1.54) is 6.07 Å². The number of nitrogens with zero attached hydrogens (tertiary/aromatic N) is 1. The van der Waals surface area contributed by atoms with E-state index in [0.717, 1.165) is 5.56 Å². The summed E-state index contributed by atoms with van der Waals surface area (Å²) in [5.41, 5.74) is 7.39. The molecule has 2 atom stereocenters. The first-order chi connectivity index (χ1) is 13.9. The van der Waals surface area contributed by atoms with Gasteiger partial charge in [0.25, 0.3) is 0 Å². The van der Waals surface area contributed by atoms with Gasteiger partial charge in [-0.3, -0.25) is 4.79 Å². The van der Waals surface area contributed by atoms with Crippen LogP contribution in [0, 0.1) is 5.92 Å². The summed E-state index contributed by atoms with van der Waals surface area (Å²) in [4.78, 5) is 27.3. The third kappa shape index (κ3) is 5.55. The smallest absolute Gasteiger partial charge is 0.407 e. The van der Waals surface area contributed by atoms with Gasteiger partial charge in [0.15, 0.2) is 5.58 Å². The highest BCUT2D eigenvalue weighted by Gasteiger charge is 2.19. The average molecular weight is 397 g/mol. The van der Waals surface area contributed by atoms with Gasteiger partial charge in [0.1, 0.15) is 18.2 Å². The normalized spacial score (nSPS) is 13.0. The number of aromatic nitrogens is 1. The molecule has 8 nitrogen and oxygen atoms in total. The van der Waals surface area contributed by atoms with Crippen molar-refractivity contribution in [1.82, 2.24) is 10.3 Å². The van der Waals surface area contributed by atoms with Gasteiger partial charge in [-0.05, 0) is 36.1 Å². The van der Waals surface area contributed by atoms with Crippen LogP contribution in [0.3, 0.4) is 0 Å². The number of hydrogen-bond donors (Lipinski definition) is 3. The molecule has 2 unspecified atom stereocenters. The number of benzene rings is 2. The third-order valence-electron chi connectivity index (χ3n) is 4.41. The van der Waals surface area contributed by atoms with Crippen LogP contribution in [0.2, 0.25) is 0 Å². The van der Waals surface area contributed by atoms with E-state index in [1.807, 2.05) is 37.3 Å². The van der Waals surface area contributed by atoms with Crippen molar-refractivity contribution in [2.24, 2.45) is 11.7 Å². The van der Waals surface area contributed by atoms with Gasteiger partial charge in [-0.1, -0.05) is 37.3 Å². The zero-order valence-electron chi connectivity index (χ0n) is 16.0. The molecule has 8 heteroatoms. The summed E-state index contributed by atoms with van der Waals surface area (Å²) in [5, 5.41) is 13.1. The van der Waals surface area contributed by atoms with E-state index < -0.39 is 18.1 Å². The van der Waals surface area contributed by atoms with Crippen LogP contribution in [-0.2, 0) is 11.3 Å². The van der Waals surface area contributed by atoms with E-state index in [-0.39, 0.29) is 18.4 Å². The van der Waals surface area contributed by atoms with Gasteiger partial charge in [-0.25, -0.2) is 9.78 Å². The SMILES string of the molecule is CC(CNC(=O)OCc1ccccc1)CC(O)c1nc2cc(C(N)=O)ccc2o1. The number of carbonyl (C=O) groups is 2. The quantitative estimate of drug-likeness (QED) is 0.536. The lowest BCUT2D eigenvalue weighted by atomic mass is 10.0. The predicted molar refractivity (Wildman–Crippen MR) is 106 cm³/mol. The van der Waals surface area contributed by atoms with E-state index >= 15 is 0 Å². The molecule has 2 amide bonds. The van der Waals surface area contributed by atoms with E-state index in [1.54, 1.807) is 12.1 Å². The molecule has 0 aliphatic rings. The Bertz CT molecular complexity index is 986. The molecule has 0 spiro atoms. The monoisotopic (exact) mass is 397 g/mol. The van der Waals surface area contributed by atoms with Gasteiger partial charge < -0.3 is 25.3 Å². The first-order valence-corrected chi connectivity index (χ1v) is 9.25. The molecule has 0 radical (unpaired) electrons. The largest absolute Gasteiger partial charge is 0.445 e. The van der Waals surface area contributed by atoms with Crippen molar-refractivity contribution in [2.75, 3.05) is 6.54 Å². The number of aliphatic hydroxyl groups is 1. The topological polar surface area (TPSA) is 128 Å². The summed E-state index contributed by atoms with van der Waals surface area (Å²) in [5.74, 6) is -0.457. The molecule has 1 heterocycles. The van der Waals surface area contributed by atoms with Gasteiger partial charge >= 0.3 is 6.09 Å². The Morgan fingerprint density at radius 2 is 2.00 bits per heavy atom. The van der Waals surface area contributed by atoms with Crippen LogP contribution in [0.5, 0.6) is 0 Å². The van der Waals surface area contributed by atoms with Crippen LogP contribution >= 0.6 is 0 Å². The second-order valence-corrected chi connectivity index (χ2v) is 6.90. The number of primary amides is 1. The molecular formula is C21H23N3O5. The minimum absolute atomic E-state index is 0.0505.